The maximum absolute atomic E-state index is 10.0. The van der Waals surface area contributed by atoms with E-state index in [4.69, 9.17) is 5.11 Å². The van der Waals surface area contributed by atoms with Crippen molar-refractivity contribution in [3.8, 4) is 0 Å². The Hall–Kier alpha value is 0.340. The Morgan fingerprint density at radius 2 is 1.50 bits per heavy atom. The fourth-order valence-electron chi connectivity index (χ4n) is 0. The first kappa shape index (κ1) is 11.2. The average Bonchev–Trinajstić information content (AvgIpc) is 1.31. The normalized spacial score (nSPS) is 9.88. The molecule has 1 N–H and O–H groups in total. The Morgan fingerprint density at radius 1 is 1.38 bits per heavy atom. The van der Waals surface area contributed by atoms with Crippen LogP contribution in [0.4, 0.5) is 0 Å². The Balaban J connectivity index is 0. The summed E-state index contributed by atoms with van der Waals surface area (Å²) in [5.74, 6) is -0.757. The second-order valence-electron chi connectivity index (χ2n) is 2.56. The van der Waals surface area contributed by atoms with Crippen LogP contribution in [0.15, 0.2) is 0 Å². The Kier molecular flexibility index (Phi) is 4.73. The zero-order valence-corrected chi connectivity index (χ0v) is 4.86. The van der Waals surface area contributed by atoms with Crippen LogP contribution in [0.25, 0.3) is 0 Å². The molecule has 2 nitrogen and oxygen atoms in total. The van der Waals surface area contributed by atoms with Crippen LogP contribution < -0.4 is 0 Å². The molecule has 0 saturated carbocycles. The van der Waals surface area contributed by atoms with Crippen LogP contribution in [0.3, 0.4) is 0 Å². The van der Waals surface area contributed by atoms with E-state index >= 15 is 0 Å². The quantitative estimate of drug-likeness (QED) is 0.620. The number of hydrogen-bond acceptors (Lipinski definition) is 1. The Labute approximate surface area is 68.1 Å². The summed E-state index contributed by atoms with van der Waals surface area (Å²) in [7, 11) is 0. The van der Waals surface area contributed by atoms with Crippen molar-refractivity contribution in [3.05, 3.63) is 0 Å². The summed E-state index contributed by atoms with van der Waals surface area (Å²) in [4.78, 5) is 10.0. The van der Waals surface area contributed by atoms with Gasteiger partial charge in [0.1, 0.15) is 0 Å². The van der Waals surface area contributed by atoms with Crippen molar-refractivity contribution in [1.82, 2.24) is 0 Å². The molecule has 48 valence electrons. The van der Waals surface area contributed by atoms with E-state index in [1.807, 2.05) is 0 Å². The molecule has 0 rings (SSSR count). The molecule has 8 heavy (non-hydrogen) atoms. The number of carboxylic acids is 1. The summed E-state index contributed by atoms with van der Waals surface area (Å²) in [6.07, 6.45) is 0. The summed E-state index contributed by atoms with van der Waals surface area (Å²) in [6.45, 7) is 4.99. The van der Waals surface area contributed by atoms with Gasteiger partial charge in [0.05, 0.1) is 5.41 Å². The van der Waals surface area contributed by atoms with Crippen LogP contribution in [0.5, 0.6) is 0 Å². The Morgan fingerprint density at radius 3 is 1.50 bits per heavy atom. The fraction of sp³-hybridized carbons (Fsp3) is 0.800. The van der Waals surface area contributed by atoms with Crippen LogP contribution in [-0.2, 0) is 4.79 Å². The molecule has 0 amide bonds. The molecule has 0 fully saturated rings. The molecule has 0 aromatic heterocycles. The third kappa shape index (κ3) is 4.50. The molecule has 0 heterocycles. The molecule has 0 aromatic rings. The molecule has 0 aromatic carbocycles. The molecule has 0 radical (unpaired) electrons. The third-order valence-electron chi connectivity index (χ3n) is 0.642. The second kappa shape index (κ2) is 3.38. The molecular formula is C5H13InO2. The molecule has 0 atom stereocenters. The first-order chi connectivity index (χ1) is 2.94. The summed E-state index contributed by atoms with van der Waals surface area (Å²) in [5.41, 5.74) is -0.583. The number of carbonyl (C=O) groups is 1. The number of carboxylic acid groups (broad SMARTS) is 1. The van der Waals surface area contributed by atoms with Gasteiger partial charge < -0.3 is 5.11 Å². The van der Waals surface area contributed by atoms with Gasteiger partial charge in [-0.2, -0.15) is 0 Å². The average molecular weight is 220 g/mol. The topological polar surface area (TPSA) is 37.3 Å². The molecule has 0 unspecified atom stereocenters. The van der Waals surface area contributed by atoms with Gasteiger partial charge in [0, 0.05) is 0 Å². The van der Waals surface area contributed by atoms with E-state index in [0.717, 1.165) is 0 Å². The minimum absolute atomic E-state index is 0. The fourth-order valence-corrected chi connectivity index (χ4v) is 0. The first-order valence-corrected chi connectivity index (χ1v) is 2.18. The van der Waals surface area contributed by atoms with Crippen LogP contribution >= 0.6 is 0 Å². The van der Waals surface area contributed by atoms with Crippen LogP contribution in [0, 0.1) is 5.41 Å². The zero-order valence-electron chi connectivity index (χ0n) is 4.86. The van der Waals surface area contributed by atoms with E-state index < -0.39 is 11.4 Å². The van der Waals surface area contributed by atoms with Gasteiger partial charge in [0.15, 0.2) is 0 Å². The predicted molar refractivity (Wildman–Crippen MR) is 37.0 cm³/mol. The summed E-state index contributed by atoms with van der Waals surface area (Å²) >= 11 is 0. The van der Waals surface area contributed by atoms with E-state index in [-0.39, 0.29) is 25.8 Å². The van der Waals surface area contributed by atoms with Gasteiger partial charge in [-0.15, -0.1) is 0 Å². The van der Waals surface area contributed by atoms with Crippen molar-refractivity contribution < 1.29 is 9.90 Å². The summed E-state index contributed by atoms with van der Waals surface area (Å²) in [5, 5.41) is 8.25. The van der Waals surface area contributed by atoms with Gasteiger partial charge in [-0.25, -0.2) is 0 Å². The summed E-state index contributed by atoms with van der Waals surface area (Å²) < 4.78 is 0. The van der Waals surface area contributed by atoms with Crippen molar-refractivity contribution >= 4 is 31.8 Å². The predicted octanol–water partition coefficient (Wildman–Crippen LogP) is -0.0668. The van der Waals surface area contributed by atoms with Crippen molar-refractivity contribution in [2.75, 3.05) is 0 Å². The van der Waals surface area contributed by atoms with Gasteiger partial charge in [-0.05, 0) is 20.8 Å². The van der Waals surface area contributed by atoms with Crippen LogP contribution in [0.2, 0.25) is 0 Å². The standard InChI is InChI=1S/C5H10O2.In.3H/c1-5(2,3)4(6)7;;;;/h1-3H3,(H,6,7);;;;. The number of hydrogen-bond donors (Lipinski definition) is 1. The molecular weight excluding hydrogens is 207 g/mol. The van der Waals surface area contributed by atoms with E-state index in [1.54, 1.807) is 20.8 Å². The second-order valence-corrected chi connectivity index (χ2v) is 2.56. The SMILES string of the molecule is CC(C)(C)C(=O)O.[InH3]. The van der Waals surface area contributed by atoms with Crippen molar-refractivity contribution in [1.29, 1.82) is 0 Å². The minimum atomic E-state index is -0.757. The van der Waals surface area contributed by atoms with E-state index in [2.05, 4.69) is 0 Å². The molecule has 0 spiro atoms. The molecule has 3 heteroatoms. The van der Waals surface area contributed by atoms with Crippen molar-refractivity contribution in [3.63, 3.8) is 0 Å². The molecule has 0 saturated heterocycles. The van der Waals surface area contributed by atoms with E-state index in [1.165, 1.54) is 0 Å². The maximum atomic E-state index is 10.0. The van der Waals surface area contributed by atoms with E-state index in [0.29, 0.717) is 0 Å². The molecule has 0 bridgehead atoms. The molecule has 0 aliphatic heterocycles. The van der Waals surface area contributed by atoms with Gasteiger partial charge in [-0.1, -0.05) is 0 Å². The van der Waals surface area contributed by atoms with Gasteiger partial charge in [0.2, 0.25) is 0 Å². The van der Waals surface area contributed by atoms with Gasteiger partial charge in [0.25, 0.3) is 0 Å². The van der Waals surface area contributed by atoms with Gasteiger partial charge in [-0.3, -0.25) is 4.79 Å². The number of rotatable bonds is 0. The van der Waals surface area contributed by atoms with Crippen LogP contribution in [-0.4, -0.2) is 36.9 Å². The first-order valence-electron chi connectivity index (χ1n) is 2.18. The molecule has 0 aliphatic rings. The van der Waals surface area contributed by atoms with Gasteiger partial charge >= 0.3 is 31.8 Å². The Bertz CT molecular complexity index is 82.9. The molecule has 0 aliphatic carbocycles. The van der Waals surface area contributed by atoms with Crippen LogP contribution in [0.1, 0.15) is 20.8 Å². The monoisotopic (exact) mass is 220 g/mol. The summed E-state index contributed by atoms with van der Waals surface area (Å²) in [6, 6.07) is 0. The number of aliphatic carboxylic acids is 1. The van der Waals surface area contributed by atoms with Crippen molar-refractivity contribution in [2.24, 2.45) is 5.41 Å². The van der Waals surface area contributed by atoms with Crippen molar-refractivity contribution in [2.45, 2.75) is 20.8 Å². The third-order valence-corrected chi connectivity index (χ3v) is 0.642. The zero-order chi connectivity index (χ0) is 6.08. The van der Waals surface area contributed by atoms with E-state index in [9.17, 15) is 4.79 Å².